The predicted octanol–water partition coefficient (Wildman–Crippen LogP) is 2.11. The van der Waals surface area contributed by atoms with Crippen LogP contribution in [0.4, 0.5) is 0 Å². The summed E-state index contributed by atoms with van der Waals surface area (Å²) in [6.07, 6.45) is 7.08. The van der Waals surface area contributed by atoms with Crippen molar-refractivity contribution in [3.05, 3.63) is 0 Å². The second kappa shape index (κ2) is 6.83. The zero-order chi connectivity index (χ0) is 11.1. The van der Waals surface area contributed by atoms with Crippen molar-refractivity contribution in [3.63, 3.8) is 0 Å². The van der Waals surface area contributed by atoms with Gasteiger partial charge in [-0.05, 0) is 31.7 Å². The van der Waals surface area contributed by atoms with E-state index in [1.165, 1.54) is 26.4 Å². The summed E-state index contributed by atoms with van der Waals surface area (Å²) in [6, 6.07) is -0.0875. The number of carbonyl (C=O) groups excluding carboxylic acids is 1. The van der Waals surface area contributed by atoms with Crippen LogP contribution in [0.5, 0.6) is 0 Å². The molecule has 0 bridgehead atoms. The topological polar surface area (TPSA) is 38.3 Å². The van der Waals surface area contributed by atoms with Gasteiger partial charge in [-0.25, -0.2) is 0 Å². The lowest BCUT2D eigenvalue weighted by atomic mass is 9.85. The number of rotatable bonds is 7. The van der Waals surface area contributed by atoms with Crippen LogP contribution in [0.25, 0.3) is 0 Å². The molecular weight excluding hydrogens is 190 g/mol. The van der Waals surface area contributed by atoms with E-state index in [1.54, 1.807) is 0 Å². The first-order valence-corrected chi connectivity index (χ1v) is 6.09. The van der Waals surface area contributed by atoms with Crippen LogP contribution in [0, 0.1) is 5.92 Å². The SMILES string of the molecule is CCCCC(NCC1CCC1)C(=O)OC. The van der Waals surface area contributed by atoms with Crippen molar-refractivity contribution < 1.29 is 9.53 Å². The van der Waals surface area contributed by atoms with E-state index in [4.69, 9.17) is 4.74 Å². The Morgan fingerprint density at radius 3 is 2.73 bits per heavy atom. The predicted molar refractivity (Wildman–Crippen MR) is 60.7 cm³/mol. The molecule has 0 aromatic carbocycles. The summed E-state index contributed by atoms with van der Waals surface area (Å²) >= 11 is 0. The molecule has 0 amide bonds. The Morgan fingerprint density at radius 1 is 1.53 bits per heavy atom. The molecule has 0 saturated heterocycles. The van der Waals surface area contributed by atoms with E-state index in [9.17, 15) is 4.79 Å². The van der Waals surface area contributed by atoms with Crippen molar-refractivity contribution in [2.75, 3.05) is 13.7 Å². The van der Waals surface area contributed by atoms with E-state index in [1.807, 2.05) is 0 Å². The maximum atomic E-state index is 11.5. The molecule has 1 fully saturated rings. The van der Waals surface area contributed by atoms with E-state index >= 15 is 0 Å². The molecule has 1 saturated carbocycles. The highest BCUT2D eigenvalue weighted by molar-refractivity contribution is 5.75. The number of hydrogen-bond donors (Lipinski definition) is 1. The Morgan fingerprint density at radius 2 is 2.27 bits per heavy atom. The second-order valence-electron chi connectivity index (χ2n) is 4.42. The largest absolute Gasteiger partial charge is 0.468 e. The van der Waals surface area contributed by atoms with Gasteiger partial charge in [-0.3, -0.25) is 4.79 Å². The highest BCUT2D eigenvalue weighted by atomic mass is 16.5. The number of nitrogens with one attached hydrogen (secondary N) is 1. The van der Waals surface area contributed by atoms with Crippen molar-refractivity contribution in [2.45, 2.75) is 51.5 Å². The van der Waals surface area contributed by atoms with Crippen LogP contribution in [0.15, 0.2) is 0 Å². The van der Waals surface area contributed by atoms with Crippen LogP contribution in [0.2, 0.25) is 0 Å². The van der Waals surface area contributed by atoms with Crippen LogP contribution >= 0.6 is 0 Å². The first kappa shape index (κ1) is 12.5. The molecule has 1 aliphatic rings. The fourth-order valence-corrected chi connectivity index (χ4v) is 1.86. The average Bonchev–Trinajstić information content (AvgIpc) is 2.19. The third-order valence-corrected chi connectivity index (χ3v) is 3.21. The molecular formula is C12H23NO2. The van der Waals surface area contributed by atoms with E-state index in [2.05, 4.69) is 12.2 Å². The van der Waals surface area contributed by atoms with Gasteiger partial charge in [0.05, 0.1) is 7.11 Å². The fourth-order valence-electron chi connectivity index (χ4n) is 1.86. The van der Waals surface area contributed by atoms with Gasteiger partial charge in [0.15, 0.2) is 0 Å². The van der Waals surface area contributed by atoms with E-state index in [-0.39, 0.29) is 12.0 Å². The molecule has 1 unspecified atom stereocenters. The quantitative estimate of drug-likeness (QED) is 0.658. The molecule has 0 radical (unpaired) electrons. The van der Waals surface area contributed by atoms with Gasteiger partial charge in [0.1, 0.15) is 6.04 Å². The number of unbranched alkanes of at least 4 members (excludes halogenated alkanes) is 1. The zero-order valence-corrected chi connectivity index (χ0v) is 9.92. The van der Waals surface area contributed by atoms with Crippen LogP contribution in [0.1, 0.15) is 45.4 Å². The van der Waals surface area contributed by atoms with Gasteiger partial charge in [-0.2, -0.15) is 0 Å². The van der Waals surface area contributed by atoms with Gasteiger partial charge in [0.2, 0.25) is 0 Å². The lowest BCUT2D eigenvalue weighted by Gasteiger charge is -2.27. The molecule has 1 rings (SSSR count). The molecule has 0 aromatic rings. The van der Waals surface area contributed by atoms with Crippen molar-refractivity contribution in [1.29, 1.82) is 0 Å². The van der Waals surface area contributed by atoms with Gasteiger partial charge in [-0.1, -0.05) is 26.2 Å². The summed E-state index contributed by atoms with van der Waals surface area (Å²) in [4.78, 5) is 11.5. The molecule has 0 aliphatic heterocycles. The van der Waals surface area contributed by atoms with Gasteiger partial charge >= 0.3 is 5.97 Å². The maximum absolute atomic E-state index is 11.5. The average molecular weight is 213 g/mol. The molecule has 0 spiro atoms. The summed E-state index contributed by atoms with van der Waals surface area (Å²) in [5.74, 6) is 0.682. The van der Waals surface area contributed by atoms with Crippen molar-refractivity contribution in [1.82, 2.24) is 5.32 Å². The minimum absolute atomic E-state index is 0.0875. The zero-order valence-electron chi connectivity index (χ0n) is 9.92. The maximum Gasteiger partial charge on any atom is 0.322 e. The number of methoxy groups -OCH3 is 1. The summed E-state index contributed by atoms with van der Waals surface area (Å²) in [7, 11) is 1.46. The molecule has 1 N–H and O–H groups in total. The third kappa shape index (κ3) is 4.20. The Bertz CT molecular complexity index is 190. The van der Waals surface area contributed by atoms with Gasteiger partial charge in [0.25, 0.3) is 0 Å². The summed E-state index contributed by atoms with van der Waals surface area (Å²) < 4.78 is 4.79. The molecule has 1 aliphatic carbocycles. The minimum Gasteiger partial charge on any atom is -0.468 e. The Hall–Kier alpha value is -0.570. The summed E-state index contributed by atoms with van der Waals surface area (Å²) in [5, 5.41) is 3.33. The highest BCUT2D eigenvalue weighted by Gasteiger charge is 2.22. The Balaban J connectivity index is 2.23. The third-order valence-electron chi connectivity index (χ3n) is 3.21. The Kier molecular flexibility index (Phi) is 5.69. The van der Waals surface area contributed by atoms with E-state index in [0.717, 1.165) is 31.7 Å². The normalized spacial score (nSPS) is 18.3. The molecule has 0 heterocycles. The van der Waals surface area contributed by atoms with Crippen molar-refractivity contribution >= 4 is 5.97 Å². The highest BCUT2D eigenvalue weighted by Crippen LogP contribution is 2.25. The lowest BCUT2D eigenvalue weighted by Crippen LogP contribution is -2.41. The molecule has 1 atom stereocenters. The monoisotopic (exact) mass is 213 g/mol. The van der Waals surface area contributed by atoms with E-state index < -0.39 is 0 Å². The standard InChI is InChI=1S/C12H23NO2/c1-3-4-8-11(12(14)15-2)13-9-10-6-5-7-10/h10-11,13H,3-9H2,1-2H3. The van der Waals surface area contributed by atoms with Crippen LogP contribution < -0.4 is 5.32 Å². The summed E-state index contributed by atoms with van der Waals surface area (Å²) in [6.45, 7) is 3.11. The van der Waals surface area contributed by atoms with Crippen molar-refractivity contribution in [2.24, 2.45) is 5.92 Å². The summed E-state index contributed by atoms with van der Waals surface area (Å²) in [5.41, 5.74) is 0. The number of ether oxygens (including phenoxy) is 1. The van der Waals surface area contributed by atoms with Gasteiger partial charge in [0, 0.05) is 0 Å². The van der Waals surface area contributed by atoms with Gasteiger partial charge in [-0.15, -0.1) is 0 Å². The van der Waals surface area contributed by atoms with Crippen LogP contribution in [-0.4, -0.2) is 25.7 Å². The van der Waals surface area contributed by atoms with Crippen LogP contribution in [0.3, 0.4) is 0 Å². The number of esters is 1. The molecule has 15 heavy (non-hydrogen) atoms. The smallest absolute Gasteiger partial charge is 0.322 e. The molecule has 3 heteroatoms. The van der Waals surface area contributed by atoms with E-state index in [0.29, 0.717) is 0 Å². The fraction of sp³-hybridized carbons (Fsp3) is 0.917. The number of carbonyl (C=O) groups is 1. The Labute approximate surface area is 92.6 Å². The molecule has 88 valence electrons. The molecule has 0 aromatic heterocycles. The molecule has 3 nitrogen and oxygen atoms in total. The first-order chi connectivity index (χ1) is 7.27. The first-order valence-electron chi connectivity index (χ1n) is 6.09. The second-order valence-corrected chi connectivity index (χ2v) is 4.42. The number of hydrogen-bond acceptors (Lipinski definition) is 3. The van der Waals surface area contributed by atoms with Crippen LogP contribution in [-0.2, 0) is 9.53 Å². The van der Waals surface area contributed by atoms with Crippen molar-refractivity contribution in [3.8, 4) is 0 Å². The minimum atomic E-state index is -0.109. The lowest BCUT2D eigenvalue weighted by molar-refractivity contribution is -0.143. The van der Waals surface area contributed by atoms with Gasteiger partial charge < -0.3 is 10.1 Å².